The van der Waals surface area contributed by atoms with Gasteiger partial charge in [0.1, 0.15) is 17.8 Å². The van der Waals surface area contributed by atoms with Crippen LogP contribution in [0.4, 0.5) is 8.78 Å². The van der Waals surface area contributed by atoms with E-state index in [9.17, 15) is 13.6 Å². The summed E-state index contributed by atoms with van der Waals surface area (Å²) in [5, 5.41) is 0.523. The summed E-state index contributed by atoms with van der Waals surface area (Å²) in [7, 11) is 0. The van der Waals surface area contributed by atoms with Crippen molar-refractivity contribution in [3.63, 3.8) is 0 Å². The minimum absolute atomic E-state index is 0.227. The lowest BCUT2D eigenvalue weighted by Crippen LogP contribution is -2.45. The topological polar surface area (TPSA) is 29.5 Å². The van der Waals surface area contributed by atoms with Crippen LogP contribution in [0.2, 0.25) is 5.02 Å². The van der Waals surface area contributed by atoms with Crippen LogP contribution in [0, 0.1) is 5.41 Å². The van der Waals surface area contributed by atoms with Crippen molar-refractivity contribution in [2.45, 2.75) is 26.8 Å². The van der Waals surface area contributed by atoms with E-state index in [0.29, 0.717) is 10.8 Å². The molecule has 0 radical (unpaired) electrons. The largest absolute Gasteiger partial charge is 0.491 e. The predicted molar refractivity (Wildman–Crippen MR) is 72.1 cm³/mol. The summed E-state index contributed by atoms with van der Waals surface area (Å²) in [4.78, 5) is 13.7. The minimum atomic E-state index is -2.71. The zero-order valence-electron chi connectivity index (χ0n) is 11.3. The van der Waals surface area contributed by atoms with Gasteiger partial charge in [0.2, 0.25) is 5.91 Å². The Hall–Kier alpha value is -1.36. The third-order valence-electron chi connectivity index (χ3n) is 3.39. The summed E-state index contributed by atoms with van der Waals surface area (Å²) in [5.41, 5.74) is -0.975. The average Bonchev–Trinajstić information content (AvgIpc) is 2.59. The third-order valence-corrected chi connectivity index (χ3v) is 3.62. The lowest BCUT2D eigenvalue weighted by molar-refractivity contribution is -0.149. The molecular formula is C14H16ClF2NO2. The fraction of sp³-hybridized carbons (Fsp3) is 0.500. The molecule has 0 N–H and O–H groups in total. The molecule has 20 heavy (non-hydrogen) atoms. The fourth-order valence-electron chi connectivity index (χ4n) is 2.04. The highest BCUT2D eigenvalue weighted by atomic mass is 35.5. The molecule has 0 atom stereocenters. The molecule has 1 aromatic carbocycles. The number of carbonyl (C=O) groups excluding carboxylic acids is 1. The number of ether oxygens (including phenoxy) is 1. The van der Waals surface area contributed by atoms with Crippen molar-refractivity contribution in [3.05, 3.63) is 28.8 Å². The summed E-state index contributed by atoms with van der Waals surface area (Å²) in [6.45, 7) is 3.29. The molecule has 0 fully saturated rings. The molecule has 0 aromatic heterocycles. The van der Waals surface area contributed by atoms with E-state index in [0.717, 1.165) is 5.56 Å². The van der Waals surface area contributed by atoms with Gasteiger partial charge < -0.3 is 9.64 Å². The average molecular weight is 304 g/mol. The summed E-state index contributed by atoms with van der Waals surface area (Å²) in [5.74, 6) is 0.0588. The molecule has 1 heterocycles. The highest BCUT2D eigenvalue weighted by Crippen LogP contribution is 2.31. The second-order valence-corrected chi connectivity index (χ2v) is 5.79. The Balaban J connectivity index is 2.25. The van der Waals surface area contributed by atoms with E-state index in [4.69, 9.17) is 16.3 Å². The summed E-state index contributed by atoms with van der Waals surface area (Å²) in [6.07, 6.45) is -2.71. The molecule has 0 aliphatic carbocycles. The fourth-order valence-corrected chi connectivity index (χ4v) is 2.23. The first-order valence-corrected chi connectivity index (χ1v) is 6.69. The summed E-state index contributed by atoms with van der Waals surface area (Å²) >= 11 is 5.92. The maximum absolute atomic E-state index is 13.0. The maximum atomic E-state index is 13.0. The molecule has 110 valence electrons. The van der Waals surface area contributed by atoms with Crippen LogP contribution in [-0.4, -0.2) is 30.4 Å². The van der Waals surface area contributed by atoms with Gasteiger partial charge in [0.05, 0.1) is 6.54 Å². The summed E-state index contributed by atoms with van der Waals surface area (Å²) in [6, 6.07) is 5.11. The Morgan fingerprint density at radius 2 is 2.15 bits per heavy atom. The molecule has 6 heteroatoms. The number of nitrogens with zero attached hydrogens (tertiary/aromatic N) is 1. The van der Waals surface area contributed by atoms with Crippen molar-refractivity contribution in [2.75, 3.05) is 13.2 Å². The van der Waals surface area contributed by atoms with E-state index in [2.05, 4.69) is 0 Å². The Labute approximate surface area is 121 Å². The molecule has 1 aliphatic heterocycles. The molecule has 1 aromatic rings. The molecule has 0 saturated carbocycles. The second kappa shape index (κ2) is 5.56. The number of benzene rings is 1. The number of amides is 1. The number of halogens is 3. The number of alkyl halides is 2. The van der Waals surface area contributed by atoms with Crippen LogP contribution in [-0.2, 0) is 11.3 Å². The van der Waals surface area contributed by atoms with Gasteiger partial charge in [0.25, 0.3) is 6.43 Å². The van der Waals surface area contributed by atoms with E-state index in [1.54, 1.807) is 18.2 Å². The zero-order chi connectivity index (χ0) is 14.9. The van der Waals surface area contributed by atoms with E-state index >= 15 is 0 Å². The first-order chi connectivity index (χ1) is 9.32. The number of hydrogen-bond acceptors (Lipinski definition) is 2. The SMILES string of the molecule is CC(C)(C(=O)N1CCOc2ccc(Cl)cc2C1)C(F)F. The van der Waals surface area contributed by atoms with Gasteiger partial charge in [0, 0.05) is 17.1 Å². The van der Waals surface area contributed by atoms with E-state index in [1.165, 1.54) is 18.7 Å². The molecule has 0 spiro atoms. The highest BCUT2D eigenvalue weighted by Gasteiger charge is 2.41. The lowest BCUT2D eigenvalue weighted by atomic mass is 9.92. The molecule has 0 bridgehead atoms. The zero-order valence-corrected chi connectivity index (χ0v) is 12.1. The van der Waals surface area contributed by atoms with E-state index in [1.807, 2.05) is 0 Å². The third kappa shape index (κ3) is 2.87. The van der Waals surface area contributed by atoms with Crippen molar-refractivity contribution < 1.29 is 18.3 Å². The molecule has 2 rings (SSSR count). The Morgan fingerprint density at radius 1 is 1.45 bits per heavy atom. The lowest BCUT2D eigenvalue weighted by Gasteiger charge is -2.30. The Bertz CT molecular complexity index is 520. The number of carbonyl (C=O) groups is 1. The van der Waals surface area contributed by atoms with Crippen LogP contribution in [0.3, 0.4) is 0 Å². The molecule has 1 aliphatic rings. The maximum Gasteiger partial charge on any atom is 0.252 e. The van der Waals surface area contributed by atoms with Crippen LogP contribution in [0.1, 0.15) is 19.4 Å². The van der Waals surface area contributed by atoms with Gasteiger partial charge in [-0.25, -0.2) is 8.78 Å². The van der Waals surface area contributed by atoms with Gasteiger partial charge in [0.15, 0.2) is 0 Å². The van der Waals surface area contributed by atoms with Gasteiger partial charge in [-0.2, -0.15) is 0 Å². The van der Waals surface area contributed by atoms with Crippen molar-refractivity contribution in [3.8, 4) is 5.75 Å². The van der Waals surface area contributed by atoms with Crippen LogP contribution < -0.4 is 4.74 Å². The van der Waals surface area contributed by atoms with Crippen molar-refractivity contribution in [1.82, 2.24) is 4.90 Å². The van der Waals surface area contributed by atoms with Crippen molar-refractivity contribution in [2.24, 2.45) is 5.41 Å². The molecule has 1 amide bonds. The number of hydrogen-bond donors (Lipinski definition) is 0. The minimum Gasteiger partial charge on any atom is -0.491 e. The second-order valence-electron chi connectivity index (χ2n) is 5.35. The van der Waals surface area contributed by atoms with Gasteiger partial charge in [-0.1, -0.05) is 11.6 Å². The van der Waals surface area contributed by atoms with Crippen molar-refractivity contribution in [1.29, 1.82) is 0 Å². The predicted octanol–water partition coefficient (Wildman–Crippen LogP) is 3.35. The molecular weight excluding hydrogens is 288 g/mol. The van der Waals surface area contributed by atoms with Gasteiger partial charge in [-0.15, -0.1) is 0 Å². The normalized spacial score (nSPS) is 15.6. The Kier molecular flexibility index (Phi) is 4.18. The van der Waals surface area contributed by atoms with E-state index < -0.39 is 17.7 Å². The first-order valence-electron chi connectivity index (χ1n) is 6.31. The number of rotatable bonds is 2. The number of fused-ring (bicyclic) bond motifs is 1. The standard InChI is InChI=1S/C14H16ClF2NO2/c1-14(2,12(16)17)13(19)18-5-6-20-11-4-3-10(15)7-9(11)8-18/h3-4,7,12H,5-6,8H2,1-2H3. The van der Waals surface area contributed by atoms with Crippen LogP contribution >= 0.6 is 11.6 Å². The molecule has 3 nitrogen and oxygen atoms in total. The van der Waals surface area contributed by atoms with Gasteiger partial charge in [-0.05, 0) is 32.0 Å². The molecule has 0 unspecified atom stereocenters. The monoisotopic (exact) mass is 303 g/mol. The van der Waals surface area contributed by atoms with Crippen LogP contribution in [0.15, 0.2) is 18.2 Å². The van der Waals surface area contributed by atoms with Crippen molar-refractivity contribution >= 4 is 17.5 Å². The van der Waals surface area contributed by atoms with Crippen LogP contribution in [0.25, 0.3) is 0 Å². The summed E-state index contributed by atoms with van der Waals surface area (Å²) < 4.78 is 31.5. The smallest absolute Gasteiger partial charge is 0.252 e. The molecule has 0 saturated heterocycles. The van der Waals surface area contributed by atoms with Gasteiger partial charge in [-0.3, -0.25) is 4.79 Å². The quantitative estimate of drug-likeness (QED) is 0.838. The van der Waals surface area contributed by atoms with Crippen LogP contribution in [0.5, 0.6) is 5.75 Å². The highest BCUT2D eigenvalue weighted by molar-refractivity contribution is 6.30. The van der Waals surface area contributed by atoms with Gasteiger partial charge >= 0.3 is 0 Å². The first kappa shape index (κ1) is 15.0. The van der Waals surface area contributed by atoms with E-state index in [-0.39, 0.29) is 19.7 Å². The Morgan fingerprint density at radius 3 is 2.80 bits per heavy atom.